The van der Waals surface area contributed by atoms with Crippen molar-refractivity contribution in [3.63, 3.8) is 0 Å². The van der Waals surface area contributed by atoms with Gasteiger partial charge >= 0.3 is 0 Å². The Kier molecular flexibility index (Phi) is 5.98. The van der Waals surface area contributed by atoms with E-state index in [2.05, 4.69) is 46.2 Å². The van der Waals surface area contributed by atoms with Crippen molar-refractivity contribution in [1.29, 1.82) is 0 Å². The fourth-order valence-electron chi connectivity index (χ4n) is 2.04. The molecule has 6 nitrogen and oxygen atoms in total. The topological polar surface area (TPSA) is 86.0 Å². The van der Waals surface area contributed by atoms with E-state index in [1.165, 1.54) is 5.56 Å². The summed E-state index contributed by atoms with van der Waals surface area (Å²) in [6, 6.07) is 8.18. The van der Waals surface area contributed by atoms with Crippen molar-refractivity contribution in [2.75, 3.05) is 17.7 Å². The van der Waals surface area contributed by atoms with Crippen LogP contribution >= 0.6 is 11.6 Å². The summed E-state index contributed by atoms with van der Waals surface area (Å²) in [5.41, 5.74) is 6.85. The minimum absolute atomic E-state index is 0.0119. The van der Waals surface area contributed by atoms with Gasteiger partial charge in [0.05, 0.1) is 6.04 Å². The molecule has 23 heavy (non-hydrogen) atoms. The number of rotatable bonds is 7. The van der Waals surface area contributed by atoms with Crippen LogP contribution in [0.4, 0.5) is 11.9 Å². The van der Waals surface area contributed by atoms with Crippen molar-refractivity contribution in [1.82, 2.24) is 15.0 Å². The van der Waals surface area contributed by atoms with Crippen LogP contribution in [0.2, 0.25) is 5.28 Å². The second kappa shape index (κ2) is 7.97. The van der Waals surface area contributed by atoms with E-state index in [4.69, 9.17) is 22.1 Å². The predicted molar refractivity (Wildman–Crippen MR) is 93.0 cm³/mol. The Hall–Kier alpha value is -2.08. The Morgan fingerprint density at radius 2 is 1.87 bits per heavy atom. The third-order valence-electron chi connectivity index (χ3n) is 3.56. The number of hydrogen-bond donors (Lipinski definition) is 2. The Morgan fingerprint density at radius 3 is 2.48 bits per heavy atom. The highest BCUT2D eigenvalue weighted by Crippen LogP contribution is 2.21. The van der Waals surface area contributed by atoms with Gasteiger partial charge in [-0.25, -0.2) is 0 Å². The van der Waals surface area contributed by atoms with Crippen LogP contribution in [0.3, 0.4) is 0 Å². The zero-order valence-electron chi connectivity index (χ0n) is 13.6. The third-order valence-corrected chi connectivity index (χ3v) is 3.73. The molecule has 2 aromatic rings. The van der Waals surface area contributed by atoms with Crippen LogP contribution in [0.1, 0.15) is 38.7 Å². The molecular weight excluding hydrogens is 314 g/mol. The van der Waals surface area contributed by atoms with Gasteiger partial charge in [-0.2, -0.15) is 15.0 Å². The molecule has 0 fully saturated rings. The Labute approximate surface area is 141 Å². The van der Waals surface area contributed by atoms with Gasteiger partial charge in [-0.1, -0.05) is 26.0 Å². The number of anilines is 2. The van der Waals surface area contributed by atoms with Crippen LogP contribution < -0.4 is 15.8 Å². The van der Waals surface area contributed by atoms with Crippen molar-refractivity contribution < 1.29 is 4.74 Å². The van der Waals surface area contributed by atoms with E-state index in [0.29, 0.717) is 18.5 Å². The van der Waals surface area contributed by atoms with Gasteiger partial charge in [0.15, 0.2) is 0 Å². The lowest BCUT2D eigenvalue weighted by molar-refractivity contribution is 0.303. The summed E-state index contributed by atoms with van der Waals surface area (Å²) in [5, 5.41) is 3.14. The van der Waals surface area contributed by atoms with Crippen LogP contribution in [0.15, 0.2) is 24.3 Å². The van der Waals surface area contributed by atoms with Crippen molar-refractivity contribution in [2.45, 2.75) is 39.2 Å². The molecular formula is C16H22ClN5O. The first-order chi connectivity index (χ1) is 11.0. The molecule has 0 radical (unpaired) electrons. The van der Waals surface area contributed by atoms with E-state index < -0.39 is 0 Å². The van der Waals surface area contributed by atoms with Gasteiger partial charge in [-0.3, -0.25) is 0 Å². The second-order valence-electron chi connectivity index (χ2n) is 5.52. The highest BCUT2D eigenvalue weighted by Gasteiger charge is 2.08. The maximum absolute atomic E-state index is 5.77. The lowest BCUT2D eigenvalue weighted by atomic mass is 9.99. The van der Waals surface area contributed by atoms with E-state index in [1.807, 2.05) is 19.1 Å². The van der Waals surface area contributed by atoms with Gasteiger partial charge in [0.1, 0.15) is 12.4 Å². The number of benzene rings is 1. The summed E-state index contributed by atoms with van der Waals surface area (Å²) in [7, 11) is 0. The lowest BCUT2D eigenvalue weighted by Crippen LogP contribution is -2.25. The molecule has 2 unspecified atom stereocenters. The molecule has 1 aromatic carbocycles. The molecule has 0 aliphatic rings. The molecule has 0 aliphatic heterocycles. The van der Waals surface area contributed by atoms with Crippen LogP contribution in [0.25, 0.3) is 0 Å². The van der Waals surface area contributed by atoms with E-state index in [-0.39, 0.29) is 17.3 Å². The summed E-state index contributed by atoms with van der Waals surface area (Å²) in [4.78, 5) is 11.7. The van der Waals surface area contributed by atoms with Gasteiger partial charge in [0, 0.05) is 0 Å². The first kappa shape index (κ1) is 17.3. The Balaban J connectivity index is 1.87. The average Bonchev–Trinajstić information content (AvgIpc) is 2.51. The molecule has 3 N–H and O–H groups in total. The van der Waals surface area contributed by atoms with Gasteiger partial charge < -0.3 is 15.8 Å². The third kappa shape index (κ3) is 5.25. The first-order valence-electron chi connectivity index (χ1n) is 7.64. The SMILES string of the molecule is CCC(C)c1ccc(OCC(C)Nc2nc(N)nc(Cl)n2)cc1. The minimum atomic E-state index is -0.0119. The Bertz CT molecular complexity index is 615. The van der Waals surface area contributed by atoms with Crippen molar-refractivity contribution in [3.8, 4) is 5.75 Å². The van der Waals surface area contributed by atoms with E-state index >= 15 is 0 Å². The van der Waals surface area contributed by atoms with Crippen LogP contribution in [0.5, 0.6) is 5.75 Å². The van der Waals surface area contributed by atoms with E-state index in [9.17, 15) is 0 Å². The molecule has 0 saturated carbocycles. The lowest BCUT2D eigenvalue weighted by Gasteiger charge is -2.16. The highest BCUT2D eigenvalue weighted by molar-refractivity contribution is 6.28. The summed E-state index contributed by atoms with van der Waals surface area (Å²) in [6.07, 6.45) is 1.12. The van der Waals surface area contributed by atoms with Gasteiger partial charge in [0.25, 0.3) is 0 Å². The smallest absolute Gasteiger partial charge is 0.229 e. The molecule has 0 spiro atoms. The molecule has 0 saturated heterocycles. The second-order valence-corrected chi connectivity index (χ2v) is 5.86. The zero-order valence-corrected chi connectivity index (χ0v) is 14.3. The molecule has 124 valence electrons. The number of nitrogen functional groups attached to an aromatic ring is 1. The number of nitrogens with zero attached hydrogens (tertiary/aromatic N) is 3. The molecule has 0 aliphatic carbocycles. The maximum atomic E-state index is 5.77. The van der Waals surface area contributed by atoms with E-state index in [0.717, 1.165) is 12.2 Å². The quantitative estimate of drug-likeness (QED) is 0.805. The first-order valence-corrected chi connectivity index (χ1v) is 8.02. The van der Waals surface area contributed by atoms with Crippen LogP contribution in [-0.2, 0) is 0 Å². The molecule has 1 aromatic heterocycles. The van der Waals surface area contributed by atoms with Crippen molar-refractivity contribution in [3.05, 3.63) is 35.1 Å². The normalized spacial score (nSPS) is 13.4. The fourth-order valence-corrected chi connectivity index (χ4v) is 2.21. The summed E-state index contributed by atoms with van der Waals surface area (Å²) < 4.78 is 5.77. The van der Waals surface area contributed by atoms with E-state index in [1.54, 1.807) is 0 Å². The summed E-state index contributed by atoms with van der Waals surface area (Å²) >= 11 is 5.75. The molecule has 2 rings (SSSR count). The number of hydrogen-bond acceptors (Lipinski definition) is 6. The van der Waals surface area contributed by atoms with Gasteiger partial charge in [-0.05, 0) is 48.6 Å². The molecule has 0 bridgehead atoms. The average molecular weight is 336 g/mol. The van der Waals surface area contributed by atoms with Crippen LogP contribution in [-0.4, -0.2) is 27.6 Å². The molecule has 2 atom stereocenters. The Morgan fingerprint density at radius 1 is 1.17 bits per heavy atom. The number of aromatic nitrogens is 3. The summed E-state index contributed by atoms with van der Waals surface area (Å²) in [6.45, 7) is 6.82. The number of nitrogens with two attached hydrogens (primary N) is 1. The number of nitrogens with one attached hydrogen (secondary N) is 1. The number of ether oxygens (including phenoxy) is 1. The predicted octanol–water partition coefficient (Wildman–Crippen LogP) is 3.50. The van der Waals surface area contributed by atoms with Crippen molar-refractivity contribution in [2.24, 2.45) is 0 Å². The van der Waals surface area contributed by atoms with Crippen LogP contribution in [0, 0.1) is 0 Å². The summed E-state index contributed by atoms with van der Waals surface area (Å²) in [5.74, 6) is 1.81. The maximum Gasteiger partial charge on any atom is 0.229 e. The highest BCUT2D eigenvalue weighted by atomic mass is 35.5. The fraction of sp³-hybridized carbons (Fsp3) is 0.438. The largest absolute Gasteiger partial charge is 0.491 e. The standard InChI is InChI=1S/C16H22ClN5O/c1-4-10(2)12-5-7-13(8-6-12)23-9-11(3)19-16-21-14(17)20-15(18)22-16/h5-8,10-11H,4,9H2,1-3H3,(H3,18,19,20,21,22). The minimum Gasteiger partial charge on any atom is -0.491 e. The molecule has 7 heteroatoms. The number of halogens is 1. The monoisotopic (exact) mass is 335 g/mol. The van der Waals surface area contributed by atoms with Gasteiger partial charge in [0.2, 0.25) is 17.2 Å². The van der Waals surface area contributed by atoms with Crippen molar-refractivity contribution >= 4 is 23.5 Å². The van der Waals surface area contributed by atoms with Gasteiger partial charge in [-0.15, -0.1) is 0 Å². The molecule has 0 amide bonds. The molecule has 1 heterocycles. The zero-order chi connectivity index (χ0) is 16.8.